The molecule has 2 aromatic carbocycles. The molecule has 7 nitrogen and oxygen atoms in total. The van der Waals surface area contributed by atoms with Gasteiger partial charge in [-0.1, -0.05) is 18.2 Å². The van der Waals surface area contributed by atoms with Gasteiger partial charge in [0.25, 0.3) is 0 Å². The molecular formula is C24H21F3N4O3S2. The molecule has 36 heavy (non-hydrogen) atoms. The second kappa shape index (κ2) is 9.26. The number of aryl methyl sites for hydroxylation is 1. The first-order valence-electron chi connectivity index (χ1n) is 10.5. The van der Waals surface area contributed by atoms with E-state index in [1.807, 2.05) is 13.0 Å². The molecule has 2 heterocycles. The molecule has 0 saturated heterocycles. The van der Waals surface area contributed by atoms with Gasteiger partial charge in [0.1, 0.15) is 16.3 Å². The fraction of sp³-hybridized carbons (Fsp3) is 0.208. The standard InChI is InChI=1S/C24H21F3N4O3S2/c1-14-10-15(12-17(11-14)30-22-28-9-8-20(31-22)24(25,26)27)19-13-29-21(35-19)23(2,32)16-4-6-18(7-5-16)36(3,33)34/h4-13,32H,1-3H3,(H,28,30,31). The lowest BCUT2D eigenvalue weighted by Gasteiger charge is -2.21. The van der Waals surface area contributed by atoms with Gasteiger partial charge in [0.15, 0.2) is 9.84 Å². The minimum absolute atomic E-state index is 0.145. The van der Waals surface area contributed by atoms with Crippen molar-refractivity contribution in [1.82, 2.24) is 15.0 Å². The first kappa shape index (κ1) is 25.7. The van der Waals surface area contributed by atoms with E-state index >= 15 is 0 Å². The van der Waals surface area contributed by atoms with E-state index in [0.717, 1.165) is 34.5 Å². The number of nitrogens with one attached hydrogen (secondary N) is 1. The molecule has 188 valence electrons. The lowest BCUT2D eigenvalue weighted by Crippen LogP contribution is -2.22. The number of benzene rings is 2. The highest BCUT2D eigenvalue weighted by atomic mass is 32.2. The minimum atomic E-state index is -4.59. The van der Waals surface area contributed by atoms with Gasteiger partial charge in [0, 0.05) is 24.3 Å². The zero-order valence-corrected chi connectivity index (χ0v) is 21.0. The minimum Gasteiger partial charge on any atom is -0.378 e. The van der Waals surface area contributed by atoms with E-state index in [0.29, 0.717) is 16.3 Å². The molecule has 0 saturated carbocycles. The molecule has 2 aromatic heterocycles. The third-order valence-electron chi connectivity index (χ3n) is 5.33. The van der Waals surface area contributed by atoms with Gasteiger partial charge >= 0.3 is 6.18 Å². The summed E-state index contributed by atoms with van der Waals surface area (Å²) in [5, 5.41) is 14.4. The first-order chi connectivity index (χ1) is 16.7. The molecular weight excluding hydrogens is 513 g/mol. The molecule has 0 fully saturated rings. The molecule has 0 spiro atoms. The third kappa shape index (κ3) is 5.55. The number of aliphatic hydroxyl groups is 1. The molecule has 0 amide bonds. The van der Waals surface area contributed by atoms with Crippen LogP contribution in [0.4, 0.5) is 24.8 Å². The SMILES string of the molecule is Cc1cc(Nc2nccc(C(F)(F)F)n2)cc(-c2cnc(C(C)(O)c3ccc(S(C)(=O)=O)cc3)s2)c1. The monoisotopic (exact) mass is 534 g/mol. The highest BCUT2D eigenvalue weighted by molar-refractivity contribution is 7.90. The summed E-state index contributed by atoms with van der Waals surface area (Å²) >= 11 is 1.24. The van der Waals surface area contributed by atoms with Crippen molar-refractivity contribution in [3.05, 3.63) is 82.8 Å². The summed E-state index contributed by atoms with van der Waals surface area (Å²) in [7, 11) is -3.37. The molecule has 4 aromatic rings. The van der Waals surface area contributed by atoms with E-state index in [9.17, 15) is 26.7 Å². The van der Waals surface area contributed by atoms with Crippen molar-refractivity contribution >= 4 is 32.8 Å². The van der Waals surface area contributed by atoms with Gasteiger partial charge in [0.2, 0.25) is 5.95 Å². The van der Waals surface area contributed by atoms with Crippen molar-refractivity contribution in [2.45, 2.75) is 30.5 Å². The molecule has 1 unspecified atom stereocenters. The van der Waals surface area contributed by atoms with Gasteiger partial charge in [0.05, 0.1) is 9.77 Å². The second-order valence-corrected chi connectivity index (χ2v) is 11.4. The number of hydrogen-bond donors (Lipinski definition) is 2. The van der Waals surface area contributed by atoms with Crippen LogP contribution in [0, 0.1) is 6.92 Å². The molecule has 2 N–H and O–H groups in total. The number of sulfone groups is 1. The molecule has 0 aliphatic rings. The van der Waals surface area contributed by atoms with Crippen molar-refractivity contribution < 1.29 is 26.7 Å². The molecule has 1 atom stereocenters. The first-order valence-corrected chi connectivity index (χ1v) is 13.2. The molecule has 12 heteroatoms. The third-order valence-corrected chi connectivity index (χ3v) is 7.72. The van der Waals surface area contributed by atoms with Crippen LogP contribution >= 0.6 is 11.3 Å². The van der Waals surface area contributed by atoms with Crippen LogP contribution in [0.5, 0.6) is 0 Å². The molecule has 4 rings (SSSR count). The van der Waals surface area contributed by atoms with E-state index in [1.165, 1.54) is 23.5 Å². The summed E-state index contributed by atoms with van der Waals surface area (Å²) in [5.41, 5.74) is 0.00481. The van der Waals surface area contributed by atoms with Gasteiger partial charge in [-0.25, -0.2) is 23.4 Å². The Morgan fingerprint density at radius 3 is 2.36 bits per heavy atom. The zero-order chi connectivity index (χ0) is 26.3. The maximum absolute atomic E-state index is 13.0. The van der Waals surface area contributed by atoms with Crippen LogP contribution in [0.25, 0.3) is 10.4 Å². The van der Waals surface area contributed by atoms with Gasteiger partial charge in [-0.3, -0.25) is 0 Å². The summed E-state index contributed by atoms with van der Waals surface area (Å²) in [4.78, 5) is 12.6. The highest BCUT2D eigenvalue weighted by Crippen LogP contribution is 2.37. The van der Waals surface area contributed by atoms with Crippen LogP contribution in [0.2, 0.25) is 0 Å². The van der Waals surface area contributed by atoms with Crippen LogP contribution in [0.1, 0.15) is 28.8 Å². The largest absolute Gasteiger partial charge is 0.433 e. The Balaban J connectivity index is 1.62. The zero-order valence-electron chi connectivity index (χ0n) is 19.3. The lowest BCUT2D eigenvalue weighted by molar-refractivity contribution is -0.141. The van der Waals surface area contributed by atoms with Crippen molar-refractivity contribution in [2.24, 2.45) is 0 Å². The number of thiazole rings is 1. The van der Waals surface area contributed by atoms with Crippen LogP contribution in [-0.2, 0) is 21.6 Å². The van der Waals surface area contributed by atoms with Gasteiger partial charge in [-0.05, 0) is 60.9 Å². The summed E-state index contributed by atoms with van der Waals surface area (Å²) in [5.74, 6) is -0.188. The fourth-order valence-corrected chi connectivity index (χ4v) is 5.09. The Bertz CT molecular complexity index is 1520. The number of anilines is 2. The Hall–Kier alpha value is -3.35. The van der Waals surface area contributed by atoms with Crippen LogP contribution in [0.15, 0.2) is 65.8 Å². The van der Waals surface area contributed by atoms with Crippen LogP contribution in [0.3, 0.4) is 0 Å². The second-order valence-electron chi connectivity index (χ2n) is 8.37. The maximum Gasteiger partial charge on any atom is 0.433 e. The smallest absolute Gasteiger partial charge is 0.378 e. The van der Waals surface area contributed by atoms with Crippen molar-refractivity contribution in [2.75, 3.05) is 11.6 Å². The predicted molar refractivity (Wildman–Crippen MR) is 131 cm³/mol. The Morgan fingerprint density at radius 1 is 1.03 bits per heavy atom. The highest BCUT2D eigenvalue weighted by Gasteiger charge is 2.33. The van der Waals surface area contributed by atoms with Crippen LogP contribution < -0.4 is 5.32 Å². The fourth-order valence-electron chi connectivity index (χ4n) is 3.49. The van der Waals surface area contributed by atoms with Crippen molar-refractivity contribution in [3.8, 4) is 10.4 Å². The number of rotatable bonds is 6. The average molecular weight is 535 g/mol. The molecule has 0 aliphatic carbocycles. The normalized spacial score (nSPS) is 13.9. The van der Waals surface area contributed by atoms with Gasteiger partial charge in [-0.2, -0.15) is 13.2 Å². The summed E-state index contributed by atoms with van der Waals surface area (Å²) < 4.78 is 62.4. The maximum atomic E-state index is 13.0. The van der Waals surface area contributed by atoms with Crippen LogP contribution in [-0.4, -0.2) is 34.7 Å². The quantitative estimate of drug-likeness (QED) is 0.345. The van der Waals surface area contributed by atoms with E-state index in [4.69, 9.17) is 0 Å². The van der Waals surface area contributed by atoms with Gasteiger partial charge < -0.3 is 10.4 Å². The van der Waals surface area contributed by atoms with E-state index in [2.05, 4.69) is 20.3 Å². The van der Waals surface area contributed by atoms with Gasteiger partial charge in [-0.15, -0.1) is 11.3 Å². The van der Waals surface area contributed by atoms with E-state index in [1.54, 1.807) is 37.4 Å². The number of nitrogens with zero attached hydrogens (tertiary/aromatic N) is 3. The van der Waals surface area contributed by atoms with Crippen molar-refractivity contribution in [1.29, 1.82) is 0 Å². The number of alkyl halides is 3. The molecule has 0 aliphatic heterocycles. The lowest BCUT2D eigenvalue weighted by atomic mass is 9.97. The summed E-state index contributed by atoms with van der Waals surface area (Å²) in [6.45, 7) is 3.41. The Labute approximate surface area is 209 Å². The van der Waals surface area contributed by atoms with Crippen molar-refractivity contribution in [3.63, 3.8) is 0 Å². The Kier molecular flexibility index (Phi) is 6.62. The van der Waals surface area contributed by atoms with E-state index in [-0.39, 0.29) is 10.8 Å². The number of halogens is 3. The van der Waals surface area contributed by atoms with E-state index < -0.39 is 27.3 Å². The summed E-state index contributed by atoms with van der Waals surface area (Å²) in [6.07, 6.45) is -0.844. The predicted octanol–water partition coefficient (Wildman–Crippen LogP) is 5.33. The summed E-state index contributed by atoms with van der Waals surface area (Å²) in [6, 6.07) is 12.1. The molecule has 0 bridgehead atoms. The number of hydrogen-bond acceptors (Lipinski definition) is 8. The molecule has 0 radical (unpaired) electrons. The average Bonchev–Trinajstić information content (AvgIpc) is 3.29. The Morgan fingerprint density at radius 2 is 1.72 bits per heavy atom. The topological polar surface area (TPSA) is 105 Å². The number of aromatic nitrogens is 3.